The Balaban J connectivity index is 2.97. The largest absolute Gasteiger partial charge is 0.475 e. The van der Waals surface area contributed by atoms with Crippen LogP contribution in [0.4, 0.5) is 0 Å². The number of ether oxygens (including phenoxy) is 2. The Morgan fingerprint density at radius 3 is 2.24 bits per heavy atom. The Morgan fingerprint density at radius 1 is 1.14 bits per heavy atom. The van der Waals surface area contributed by atoms with Gasteiger partial charge in [-0.1, -0.05) is 11.6 Å². The first-order valence-corrected chi connectivity index (χ1v) is 7.04. The molecule has 0 aromatic heterocycles. The Bertz CT molecular complexity index is 525. The molecule has 0 N–H and O–H groups in total. The van der Waals surface area contributed by atoms with E-state index in [0.29, 0.717) is 10.6 Å². The molecule has 0 spiro atoms. The Labute approximate surface area is 128 Å². The molecule has 0 fully saturated rings. The Morgan fingerprint density at radius 2 is 1.71 bits per heavy atom. The quantitative estimate of drug-likeness (QED) is 0.351. The fourth-order valence-corrected chi connectivity index (χ4v) is 1.64. The number of hydrogen-bond donors (Lipinski definition) is 0. The number of benzene rings is 1. The summed E-state index contributed by atoms with van der Waals surface area (Å²) in [6, 6.07) is 5.56. The Hall–Kier alpha value is -1.88. The van der Waals surface area contributed by atoms with Crippen LogP contribution in [-0.4, -0.2) is 36.9 Å². The predicted octanol–water partition coefficient (Wildman–Crippen LogP) is 2.91. The van der Waals surface area contributed by atoms with Gasteiger partial charge in [0.25, 0.3) is 5.90 Å². The van der Waals surface area contributed by atoms with Crippen LogP contribution in [0.2, 0.25) is 5.02 Å². The summed E-state index contributed by atoms with van der Waals surface area (Å²) in [5, 5.41) is 0.529. The van der Waals surface area contributed by atoms with Crippen LogP contribution >= 0.6 is 11.6 Å². The summed E-state index contributed by atoms with van der Waals surface area (Å²) in [6.07, 6.45) is 0. The second kappa shape index (κ2) is 8.42. The number of hydrogen-bond acceptors (Lipinski definition) is 5. The Kier molecular flexibility index (Phi) is 6.88. The number of carbonyl (C=O) groups excluding carboxylic acids is 2. The number of rotatable bonds is 6. The van der Waals surface area contributed by atoms with Gasteiger partial charge in [-0.05, 0) is 45.0 Å². The van der Waals surface area contributed by atoms with Gasteiger partial charge in [0.2, 0.25) is 5.78 Å². The molecule has 5 nitrogen and oxygen atoms in total. The number of esters is 1. The molecule has 0 saturated heterocycles. The van der Waals surface area contributed by atoms with Gasteiger partial charge >= 0.3 is 5.97 Å². The summed E-state index contributed by atoms with van der Waals surface area (Å²) in [5.74, 6) is -1.01. The number of carbonyl (C=O) groups is 2. The molecule has 0 unspecified atom stereocenters. The molecule has 1 atom stereocenters. The highest BCUT2D eigenvalue weighted by Gasteiger charge is 2.20. The van der Waals surface area contributed by atoms with Gasteiger partial charge in [-0.2, -0.15) is 0 Å². The van der Waals surface area contributed by atoms with Gasteiger partial charge in [0.05, 0.1) is 13.2 Å². The number of aliphatic imine (C=N–C) groups is 1. The molecule has 0 heterocycles. The lowest BCUT2D eigenvalue weighted by Gasteiger charge is -2.10. The minimum atomic E-state index is -0.803. The van der Waals surface area contributed by atoms with Crippen LogP contribution in [-0.2, 0) is 14.3 Å². The smallest absolute Gasteiger partial charge is 0.330 e. The van der Waals surface area contributed by atoms with Gasteiger partial charge in [0.15, 0.2) is 0 Å². The highest BCUT2D eigenvalue weighted by atomic mass is 35.5. The maximum atomic E-state index is 12.3. The van der Waals surface area contributed by atoms with E-state index in [1.165, 1.54) is 0 Å². The average Bonchev–Trinajstić information content (AvgIpc) is 2.47. The molecule has 0 aliphatic rings. The molecule has 1 aromatic rings. The van der Waals surface area contributed by atoms with Crippen LogP contribution in [0.15, 0.2) is 29.3 Å². The third kappa shape index (κ3) is 5.19. The van der Waals surface area contributed by atoms with Crippen molar-refractivity contribution in [1.29, 1.82) is 0 Å². The van der Waals surface area contributed by atoms with Crippen molar-refractivity contribution in [2.45, 2.75) is 26.8 Å². The van der Waals surface area contributed by atoms with Crippen molar-refractivity contribution in [2.24, 2.45) is 4.99 Å². The zero-order valence-corrected chi connectivity index (χ0v) is 13.0. The summed E-state index contributed by atoms with van der Waals surface area (Å²) in [7, 11) is 0. The number of nitrogens with zero attached hydrogens (tertiary/aromatic N) is 1. The molecule has 0 saturated carbocycles. The summed E-state index contributed by atoms with van der Waals surface area (Å²) < 4.78 is 10.1. The maximum absolute atomic E-state index is 12.3. The lowest BCUT2D eigenvalue weighted by atomic mass is 10.1. The van der Waals surface area contributed by atoms with Gasteiger partial charge in [0.1, 0.15) is 6.04 Å². The van der Waals surface area contributed by atoms with Crippen molar-refractivity contribution in [3.63, 3.8) is 0 Å². The van der Waals surface area contributed by atoms with Gasteiger partial charge in [-0.25, -0.2) is 9.79 Å². The molecule has 0 bridgehead atoms. The summed E-state index contributed by atoms with van der Waals surface area (Å²) in [6.45, 7) is 5.52. The summed E-state index contributed by atoms with van der Waals surface area (Å²) in [4.78, 5) is 27.9. The lowest BCUT2D eigenvalue weighted by molar-refractivity contribution is -0.144. The van der Waals surface area contributed by atoms with E-state index in [-0.39, 0.29) is 19.1 Å². The van der Waals surface area contributed by atoms with E-state index in [1.807, 2.05) is 0 Å². The van der Waals surface area contributed by atoms with Gasteiger partial charge in [-0.3, -0.25) is 4.79 Å². The minimum Gasteiger partial charge on any atom is -0.475 e. The van der Waals surface area contributed by atoms with Crippen LogP contribution in [0.5, 0.6) is 0 Å². The van der Waals surface area contributed by atoms with Crippen LogP contribution < -0.4 is 0 Å². The van der Waals surface area contributed by atoms with E-state index in [2.05, 4.69) is 4.99 Å². The lowest BCUT2D eigenvalue weighted by Crippen LogP contribution is -2.25. The van der Waals surface area contributed by atoms with Crippen molar-refractivity contribution in [3.8, 4) is 0 Å². The number of ketones is 1. The molecule has 1 rings (SSSR count). The van der Waals surface area contributed by atoms with E-state index < -0.39 is 17.8 Å². The van der Waals surface area contributed by atoms with E-state index in [4.69, 9.17) is 21.1 Å². The van der Waals surface area contributed by atoms with E-state index in [1.54, 1.807) is 45.0 Å². The van der Waals surface area contributed by atoms with Gasteiger partial charge < -0.3 is 9.47 Å². The van der Waals surface area contributed by atoms with Gasteiger partial charge in [0, 0.05) is 10.6 Å². The topological polar surface area (TPSA) is 65.0 Å². The maximum Gasteiger partial charge on any atom is 0.330 e. The standard InChI is InChI=1S/C15H18ClNO4/c1-4-20-14(17-10(3)15(19)21-5-2)13(18)11-6-8-12(16)9-7-11/h6-10H,4-5H2,1-3H3/t10-/m0/s1. The van der Waals surface area contributed by atoms with Crippen molar-refractivity contribution in [2.75, 3.05) is 13.2 Å². The molecule has 0 amide bonds. The van der Waals surface area contributed by atoms with Gasteiger partial charge in [-0.15, -0.1) is 0 Å². The first-order chi connectivity index (χ1) is 9.99. The van der Waals surface area contributed by atoms with Crippen LogP contribution in [0.3, 0.4) is 0 Å². The first kappa shape index (κ1) is 17.2. The average molecular weight is 312 g/mol. The normalized spacial score (nSPS) is 12.7. The van der Waals surface area contributed by atoms with Crippen molar-refractivity contribution >= 4 is 29.3 Å². The second-order valence-electron chi connectivity index (χ2n) is 4.13. The third-order valence-electron chi connectivity index (χ3n) is 2.52. The summed E-state index contributed by atoms with van der Waals surface area (Å²) >= 11 is 5.78. The third-order valence-corrected chi connectivity index (χ3v) is 2.77. The number of halogens is 1. The van der Waals surface area contributed by atoms with E-state index >= 15 is 0 Å². The van der Waals surface area contributed by atoms with Crippen molar-refractivity contribution < 1.29 is 19.1 Å². The second-order valence-corrected chi connectivity index (χ2v) is 4.57. The summed E-state index contributed by atoms with van der Waals surface area (Å²) in [5.41, 5.74) is 0.391. The molecule has 114 valence electrons. The predicted molar refractivity (Wildman–Crippen MR) is 80.9 cm³/mol. The van der Waals surface area contributed by atoms with Crippen LogP contribution in [0, 0.1) is 0 Å². The molecule has 1 aromatic carbocycles. The fourth-order valence-electron chi connectivity index (χ4n) is 1.51. The fraction of sp³-hybridized carbons (Fsp3) is 0.400. The van der Waals surface area contributed by atoms with Crippen LogP contribution in [0.25, 0.3) is 0 Å². The monoisotopic (exact) mass is 311 g/mol. The molecule has 0 aliphatic heterocycles. The first-order valence-electron chi connectivity index (χ1n) is 6.67. The zero-order chi connectivity index (χ0) is 15.8. The molecular formula is C15H18ClNO4. The van der Waals surface area contributed by atoms with Crippen LogP contribution in [0.1, 0.15) is 31.1 Å². The highest BCUT2D eigenvalue weighted by Crippen LogP contribution is 2.11. The molecule has 21 heavy (non-hydrogen) atoms. The van der Waals surface area contributed by atoms with Crippen molar-refractivity contribution in [1.82, 2.24) is 0 Å². The van der Waals surface area contributed by atoms with E-state index in [9.17, 15) is 9.59 Å². The molecule has 6 heteroatoms. The molecule has 0 aliphatic carbocycles. The SMILES string of the molecule is CCOC(=O)[C@H](C)N=C(OCC)C(=O)c1ccc(Cl)cc1. The highest BCUT2D eigenvalue weighted by molar-refractivity contribution is 6.43. The molecule has 0 radical (unpaired) electrons. The van der Waals surface area contributed by atoms with E-state index in [0.717, 1.165) is 0 Å². The number of Topliss-reactive ketones (excluding diaryl/α,β-unsaturated/α-hetero) is 1. The van der Waals surface area contributed by atoms with Crippen molar-refractivity contribution in [3.05, 3.63) is 34.9 Å². The molecular weight excluding hydrogens is 294 g/mol. The zero-order valence-electron chi connectivity index (χ0n) is 12.3. The minimum absolute atomic E-state index is 0.111.